The van der Waals surface area contributed by atoms with Crippen LogP contribution >= 0.6 is 0 Å². The summed E-state index contributed by atoms with van der Waals surface area (Å²) in [4.78, 5) is 23.2. The molecule has 138 valence electrons. The molecule has 0 bridgehead atoms. The number of hydrogen-bond acceptors (Lipinski definition) is 4. The van der Waals surface area contributed by atoms with Crippen LogP contribution in [0, 0.1) is 11.3 Å². The van der Waals surface area contributed by atoms with Crippen molar-refractivity contribution in [2.24, 2.45) is 0 Å². The zero-order chi connectivity index (χ0) is 19.8. The molecular formula is C21H20N2O4. The molecule has 0 aliphatic rings. The van der Waals surface area contributed by atoms with Gasteiger partial charge in [-0.05, 0) is 48.7 Å². The van der Waals surface area contributed by atoms with Crippen LogP contribution in [0.15, 0.2) is 54.1 Å². The minimum atomic E-state index is -1.06. The maximum Gasteiger partial charge on any atom is 0.344 e. The fraction of sp³-hybridized carbons (Fsp3) is 0.190. The average Bonchev–Trinajstić information content (AvgIpc) is 2.67. The minimum absolute atomic E-state index is 0.0338. The number of hydrogen-bond donors (Lipinski definition) is 2. The molecule has 1 amide bonds. The Balaban J connectivity index is 2.14. The number of benzene rings is 2. The molecule has 0 aliphatic heterocycles. The summed E-state index contributed by atoms with van der Waals surface area (Å²) in [6, 6.07) is 15.8. The lowest BCUT2D eigenvalue weighted by Gasteiger charge is -2.10. The lowest BCUT2D eigenvalue weighted by Crippen LogP contribution is -2.22. The topological polar surface area (TPSA) is 99.4 Å². The summed E-state index contributed by atoms with van der Waals surface area (Å²) in [5.74, 6) is -1.16. The maximum atomic E-state index is 12.4. The van der Waals surface area contributed by atoms with Crippen LogP contribution in [0.4, 0.5) is 5.69 Å². The molecule has 0 saturated carbocycles. The molecule has 2 N–H and O–H groups in total. The molecule has 0 fully saturated rings. The highest BCUT2D eigenvalue weighted by atomic mass is 16.5. The summed E-state index contributed by atoms with van der Waals surface area (Å²) in [6.07, 6.45) is 1.26. The second-order valence-electron chi connectivity index (χ2n) is 5.80. The van der Waals surface area contributed by atoms with Crippen molar-refractivity contribution in [1.82, 2.24) is 0 Å². The van der Waals surface area contributed by atoms with E-state index < -0.39 is 18.0 Å². The Hall–Kier alpha value is -3.59. The summed E-state index contributed by atoms with van der Waals surface area (Å²) < 4.78 is 5.25. The van der Waals surface area contributed by atoms with Crippen LogP contribution in [0.3, 0.4) is 0 Å². The second-order valence-corrected chi connectivity index (χ2v) is 5.80. The van der Waals surface area contributed by atoms with Gasteiger partial charge in [-0.25, -0.2) is 4.79 Å². The van der Waals surface area contributed by atoms with Crippen molar-refractivity contribution in [1.29, 1.82) is 5.26 Å². The Kier molecular flexibility index (Phi) is 6.73. The Morgan fingerprint density at radius 2 is 1.89 bits per heavy atom. The van der Waals surface area contributed by atoms with E-state index in [1.54, 1.807) is 30.3 Å². The zero-order valence-corrected chi connectivity index (χ0v) is 15.1. The third kappa shape index (κ3) is 5.44. The lowest BCUT2D eigenvalue weighted by molar-refractivity contribution is -0.144. The first-order chi connectivity index (χ1) is 12.9. The molecular weight excluding hydrogens is 344 g/mol. The predicted molar refractivity (Wildman–Crippen MR) is 102 cm³/mol. The van der Waals surface area contributed by atoms with Gasteiger partial charge in [-0.3, -0.25) is 4.79 Å². The molecule has 0 aliphatic carbocycles. The normalized spacial score (nSPS) is 12.0. The van der Waals surface area contributed by atoms with Gasteiger partial charge in [0.05, 0.1) is 0 Å². The molecule has 2 rings (SSSR count). The number of carbonyl (C=O) groups is 2. The third-order valence-electron chi connectivity index (χ3n) is 3.86. The summed E-state index contributed by atoms with van der Waals surface area (Å²) >= 11 is 0. The number of carboxylic acids is 1. The Labute approximate surface area is 157 Å². The molecule has 2 aromatic rings. The molecule has 0 spiro atoms. The van der Waals surface area contributed by atoms with Crippen LogP contribution in [0.1, 0.15) is 25.0 Å². The van der Waals surface area contributed by atoms with E-state index in [2.05, 4.69) is 5.32 Å². The van der Waals surface area contributed by atoms with Gasteiger partial charge >= 0.3 is 5.97 Å². The first-order valence-corrected chi connectivity index (χ1v) is 8.45. The first-order valence-electron chi connectivity index (χ1n) is 8.45. The van der Waals surface area contributed by atoms with Gasteiger partial charge in [0.15, 0.2) is 6.10 Å². The van der Waals surface area contributed by atoms with E-state index in [0.717, 1.165) is 12.0 Å². The number of aryl methyl sites for hydroxylation is 1. The highest BCUT2D eigenvalue weighted by Crippen LogP contribution is 2.19. The van der Waals surface area contributed by atoms with Crippen molar-refractivity contribution >= 4 is 23.6 Å². The molecule has 0 radical (unpaired) electrons. The summed E-state index contributed by atoms with van der Waals surface area (Å²) in [5, 5.41) is 20.9. The zero-order valence-electron chi connectivity index (χ0n) is 15.1. The van der Waals surface area contributed by atoms with Crippen LogP contribution in [0.2, 0.25) is 0 Å². The van der Waals surface area contributed by atoms with Crippen molar-refractivity contribution in [3.63, 3.8) is 0 Å². The van der Waals surface area contributed by atoms with Crippen LogP contribution < -0.4 is 10.1 Å². The summed E-state index contributed by atoms with van der Waals surface area (Å²) in [5.41, 5.74) is 2.25. The lowest BCUT2D eigenvalue weighted by atomic mass is 10.1. The monoisotopic (exact) mass is 364 g/mol. The number of para-hydroxylation sites is 1. The number of carbonyl (C=O) groups excluding carboxylic acids is 1. The van der Waals surface area contributed by atoms with Crippen LogP contribution in [-0.2, 0) is 16.0 Å². The van der Waals surface area contributed by atoms with E-state index in [1.165, 1.54) is 13.0 Å². The van der Waals surface area contributed by atoms with Gasteiger partial charge in [-0.1, -0.05) is 37.3 Å². The molecule has 0 heterocycles. The number of anilines is 1. The SMILES string of the molecule is CCc1ccccc1NC(=O)/C(C#N)=C\c1ccc(O[C@@H](C)C(=O)O)cc1. The fourth-order valence-electron chi connectivity index (χ4n) is 2.35. The quantitative estimate of drug-likeness (QED) is 0.577. The molecule has 6 nitrogen and oxygen atoms in total. The molecule has 6 heteroatoms. The fourth-order valence-corrected chi connectivity index (χ4v) is 2.35. The van der Waals surface area contributed by atoms with E-state index in [1.807, 2.05) is 31.2 Å². The van der Waals surface area contributed by atoms with Crippen LogP contribution in [0.25, 0.3) is 6.08 Å². The number of rotatable bonds is 7. The number of ether oxygens (including phenoxy) is 1. The number of aliphatic carboxylic acids is 1. The Morgan fingerprint density at radius 1 is 1.22 bits per heavy atom. The number of nitrogens with zero attached hydrogens (tertiary/aromatic N) is 1. The van der Waals surface area contributed by atoms with Gasteiger partial charge in [0.2, 0.25) is 0 Å². The number of nitrogens with one attached hydrogen (secondary N) is 1. The molecule has 0 aromatic heterocycles. The van der Waals surface area contributed by atoms with Crippen LogP contribution in [0.5, 0.6) is 5.75 Å². The highest BCUT2D eigenvalue weighted by molar-refractivity contribution is 6.09. The number of nitriles is 1. The van der Waals surface area contributed by atoms with E-state index in [-0.39, 0.29) is 5.57 Å². The minimum Gasteiger partial charge on any atom is -0.479 e. The number of carboxylic acid groups (broad SMARTS) is 1. The largest absolute Gasteiger partial charge is 0.479 e. The standard InChI is InChI=1S/C21H20N2O4/c1-3-16-6-4-5-7-19(16)23-20(24)17(13-22)12-15-8-10-18(11-9-15)27-14(2)21(25)26/h4-12,14H,3H2,1-2H3,(H,23,24)(H,25,26)/b17-12-/t14-/m0/s1. The highest BCUT2D eigenvalue weighted by Gasteiger charge is 2.13. The Morgan fingerprint density at radius 3 is 2.48 bits per heavy atom. The van der Waals surface area contributed by atoms with Crippen molar-refractivity contribution in [3.8, 4) is 11.8 Å². The Bertz CT molecular complexity index is 895. The molecule has 1 atom stereocenters. The van der Waals surface area contributed by atoms with Gasteiger partial charge in [0.25, 0.3) is 5.91 Å². The smallest absolute Gasteiger partial charge is 0.344 e. The van der Waals surface area contributed by atoms with Gasteiger partial charge < -0.3 is 15.2 Å². The van der Waals surface area contributed by atoms with E-state index in [9.17, 15) is 14.9 Å². The van der Waals surface area contributed by atoms with Gasteiger partial charge in [0.1, 0.15) is 17.4 Å². The van der Waals surface area contributed by atoms with Crippen molar-refractivity contribution < 1.29 is 19.4 Å². The van der Waals surface area contributed by atoms with Crippen molar-refractivity contribution in [3.05, 3.63) is 65.2 Å². The van der Waals surface area contributed by atoms with E-state index in [4.69, 9.17) is 9.84 Å². The molecule has 2 aromatic carbocycles. The molecule has 27 heavy (non-hydrogen) atoms. The van der Waals surface area contributed by atoms with Crippen molar-refractivity contribution in [2.45, 2.75) is 26.4 Å². The van der Waals surface area contributed by atoms with Crippen molar-refractivity contribution in [2.75, 3.05) is 5.32 Å². The summed E-state index contributed by atoms with van der Waals surface area (Å²) in [6.45, 7) is 3.42. The van der Waals surface area contributed by atoms with Gasteiger partial charge in [0, 0.05) is 5.69 Å². The predicted octanol–water partition coefficient (Wildman–Crippen LogP) is 3.65. The molecule has 0 unspecified atom stereocenters. The van der Waals surface area contributed by atoms with E-state index in [0.29, 0.717) is 17.0 Å². The first kappa shape index (κ1) is 19.7. The van der Waals surface area contributed by atoms with Gasteiger partial charge in [-0.15, -0.1) is 0 Å². The van der Waals surface area contributed by atoms with Crippen LogP contribution in [-0.4, -0.2) is 23.1 Å². The van der Waals surface area contributed by atoms with Gasteiger partial charge in [-0.2, -0.15) is 5.26 Å². The average molecular weight is 364 g/mol. The maximum absolute atomic E-state index is 12.4. The van der Waals surface area contributed by atoms with E-state index >= 15 is 0 Å². The molecule has 0 saturated heterocycles. The summed E-state index contributed by atoms with van der Waals surface area (Å²) in [7, 11) is 0. The third-order valence-corrected chi connectivity index (χ3v) is 3.86. The second kappa shape index (κ2) is 9.20. The number of amides is 1.